The molecule has 1 N–H and O–H groups in total. The molecule has 0 radical (unpaired) electrons. The summed E-state index contributed by atoms with van der Waals surface area (Å²) >= 11 is 0. The molecule has 3 rings (SSSR count). The van der Waals surface area contributed by atoms with E-state index in [0.717, 1.165) is 5.56 Å². The number of nitrogens with zero attached hydrogens (tertiary/aromatic N) is 2. The van der Waals surface area contributed by atoms with E-state index in [-0.39, 0.29) is 36.2 Å². The number of nitro benzene ring substituents is 1. The lowest BCUT2D eigenvalue weighted by Gasteiger charge is -2.44. The van der Waals surface area contributed by atoms with Crippen molar-refractivity contribution >= 4 is 23.6 Å². The van der Waals surface area contributed by atoms with Gasteiger partial charge in [0.1, 0.15) is 17.4 Å². The average Bonchev–Trinajstić information content (AvgIpc) is 2.76. The van der Waals surface area contributed by atoms with E-state index in [2.05, 4.69) is 11.9 Å². The first kappa shape index (κ1) is 22.1. The van der Waals surface area contributed by atoms with Crippen molar-refractivity contribution in [3.8, 4) is 0 Å². The van der Waals surface area contributed by atoms with Gasteiger partial charge < -0.3 is 10.2 Å². The number of hydrogen-bond acceptors (Lipinski definition) is 4. The Bertz CT molecular complexity index is 1040. The molecule has 1 heterocycles. The van der Waals surface area contributed by atoms with Gasteiger partial charge in [0.25, 0.3) is 5.69 Å². The van der Waals surface area contributed by atoms with Crippen molar-refractivity contribution in [1.29, 1.82) is 0 Å². The quantitative estimate of drug-likeness (QED) is 0.544. The minimum absolute atomic E-state index is 0.0110. The van der Waals surface area contributed by atoms with Crippen molar-refractivity contribution in [2.24, 2.45) is 0 Å². The van der Waals surface area contributed by atoms with Crippen LogP contribution < -0.4 is 5.32 Å². The van der Waals surface area contributed by atoms with Crippen LogP contribution >= 0.6 is 0 Å². The van der Waals surface area contributed by atoms with Crippen molar-refractivity contribution < 1.29 is 18.9 Å². The molecule has 1 aliphatic heterocycles. The van der Waals surface area contributed by atoms with Crippen molar-refractivity contribution in [3.63, 3.8) is 0 Å². The molecule has 1 saturated heterocycles. The Kier molecular flexibility index (Phi) is 6.19. The van der Waals surface area contributed by atoms with E-state index >= 15 is 0 Å². The molecule has 0 bridgehead atoms. The highest BCUT2D eigenvalue weighted by Gasteiger charge is 2.48. The molecule has 2 aromatic carbocycles. The number of likely N-dealkylation sites (N-methyl/N-ethyl adjacent to an activating group) is 1. The van der Waals surface area contributed by atoms with Crippen LogP contribution in [0.15, 0.2) is 49.0 Å². The molecule has 2 unspecified atom stereocenters. The summed E-state index contributed by atoms with van der Waals surface area (Å²) in [6, 6.07) is 9.50. The van der Waals surface area contributed by atoms with Crippen LogP contribution in [0.1, 0.15) is 30.0 Å². The lowest BCUT2D eigenvalue weighted by Crippen LogP contribution is -2.70. The molecule has 0 aliphatic carbocycles. The van der Waals surface area contributed by atoms with Gasteiger partial charge in [0, 0.05) is 31.5 Å². The molecule has 31 heavy (non-hydrogen) atoms. The fraction of sp³-hybridized carbons (Fsp3) is 0.304. The molecule has 162 valence electrons. The lowest BCUT2D eigenvalue weighted by atomic mass is 9.83. The zero-order chi connectivity index (χ0) is 22.8. The number of rotatable bonds is 7. The lowest BCUT2D eigenvalue weighted by molar-refractivity contribution is -0.385. The molecule has 0 spiro atoms. The maximum atomic E-state index is 13.4. The summed E-state index contributed by atoms with van der Waals surface area (Å²) in [4.78, 5) is 38.8. The standard InChI is InChI=1S/C23H24FN3O4/c1-4-16-7-6-8-19(27(30)31)18(16)13-20-21(28)25-23(5-2,22(29)26(20)3)14-15-9-11-17(24)12-10-15/h4,6-12,20H,1,5,13-14H2,2-3H3,(H,25,28). The highest BCUT2D eigenvalue weighted by atomic mass is 19.1. The Hall–Kier alpha value is -3.55. The van der Waals surface area contributed by atoms with E-state index in [9.17, 15) is 24.1 Å². The molecule has 2 aromatic rings. The maximum absolute atomic E-state index is 13.4. The van der Waals surface area contributed by atoms with Crippen LogP contribution in [0.3, 0.4) is 0 Å². The van der Waals surface area contributed by atoms with E-state index < -0.39 is 16.5 Å². The number of nitro groups is 1. The summed E-state index contributed by atoms with van der Waals surface area (Å²) in [5, 5.41) is 14.4. The Morgan fingerprint density at radius 2 is 1.94 bits per heavy atom. The van der Waals surface area contributed by atoms with Crippen molar-refractivity contribution in [3.05, 3.63) is 81.7 Å². The Morgan fingerprint density at radius 1 is 1.26 bits per heavy atom. The summed E-state index contributed by atoms with van der Waals surface area (Å²) < 4.78 is 13.3. The Labute approximate surface area is 179 Å². The first-order chi connectivity index (χ1) is 14.7. The summed E-state index contributed by atoms with van der Waals surface area (Å²) in [7, 11) is 1.53. The van der Waals surface area contributed by atoms with E-state index in [4.69, 9.17) is 0 Å². The molecule has 0 aromatic heterocycles. The van der Waals surface area contributed by atoms with Gasteiger partial charge in [-0.05, 0) is 29.7 Å². The molecule has 2 amide bonds. The van der Waals surface area contributed by atoms with Gasteiger partial charge in [-0.2, -0.15) is 0 Å². The number of carbonyl (C=O) groups excluding carboxylic acids is 2. The molecule has 7 nitrogen and oxygen atoms in total. The third-order valence-corrected chi connectivity index (χ3v) is 5.89. The fourth-order valence-electron chi connectivity index (χ4n) is 4.06. The van der Waals surface area contributed by atoms with Gasteiger partial charge in [0.05, 0.1) is 4.92 Å². The third-order valence-electron chi connectivity index (χ3n) is 5.89. The summed E-state index contributed by atoms with van der Waals surface area (Å²) in [6.07, 6.45) is 2.04. The molecule has 8 heteroatoms. The maximum Gasteiger partial charge on any atom is 0.273 e. The zero-order valence-electron chi connectivity index (χ0n) is 17.4. The Morgan fingerprint density at radius 3 is 2.52 bits per heavy atom. The number of nitrogens with one attached hydrogen (secondary N) is 1. The Balaban J connectivity index is 1.92. The van der Waals surface area contributed by atoms with Gasteiger partial charge in [-0.25, -0.2) is 4.39 Å². The van der Waals surface area contributed by atoms with Crippen molar-refractivity contribution in [2.45, 2.75) is 37.8 Å². The fourth-order valence-corrected chi connectivity index (χ4v) is 4.06. The normalized spacial score (nSPS) is 21.0. The first-order valence-corrected chi connectivity index (χ1v) is 9.95. The topological polar surface area (TPSA) is 92.5 Å². The van der Waals surface area contributed by atoms with Gasteiger partial charge in [-0.3, -0.25) is 19.7 Å². The number of hydrogen-bond donors (Lipinski definition) is 1. The van der Waals surface area contributed by atoms with Gasteiger partial charge in [0.15, 0.2) is 0 Å². The highest BCUT2D eigenvalue weighted by Crippen LogP contribution is 2.30. The number of benzene rings is 2. The molecular weight excluding hydrogens is 401 g/mol. The van der Waals surface area contributed by atoms with E-state index in [1.54, 1.807) is 31.2 Å². The smallest absolute Gasteiger partial charge is 0.273 e. The van der Waals surface area contributed by atoms with Crippen LogP contribution in [0.4, 0.5) is 10.1 Å². The third kappa shape index (κ3) is 4.19. The SMILES string of the molecule is C=Cc1cccc([N+](=O)[O-])c1CC1C(=O)NC(CC)(Cc2ccc(F)cc2)C(=O)N1C. The van der Waals surface area contributed by atoms with Crippen LogP contribution in [-0.4, -0.2) is 40.3 Å². The van der Waals surface area contributed by atoms with Gasteiger partial charge >= 0.3 is 0 Å². The van der Waals surface area contributed by atoms with Crippen LogP contribution in [0.2, 0.25) is 0 Å². The summed E-state index contributed by atoms with van der Waals surface area (Å²) in [5.74, 6) is -1.06. The second-order valence-corrected chi connectivity index (χ2v) is 7.67. The predicted molar refractivity (Wildman–Crippen MR) is 115 cm³/mol. The van der Waals surface area contributed by atoms with E-state index in [0.29, 0.717) is 17.5 Å². The van der Waals surface area contributed by atoms with Crippen LogP contribution in [0.25, 0.3) is 6.08 Å². The molecule has 0 saturated carbocycles. The van der Waals surface area contributed by atoms with Crippen LogP contribution in [-0.2, 0) is 22.4 Å². The van der Waals surface area contributed by atoms with Gasteiger partial charge in [-0.1, -0.05) is 43.8 Å². The van der Waals surface area contributed by atoms with Crippen LogP contribution in [0, 0.1) is 15.9 Å². The first-order valence-electron chi connectivity index (χ1n) is 9.95. The van der Waals surface area contributed by atoms with Gasteiger partial charge in [-0.15, -0.1) is 0 Å². The van der Waals surface area contributed by atoms with Crippen molar-refractivity contribution in [1.82, 2.24) is 10.2 Å². The van der Waals surface area contributed by atoms with Crippen LogP contribution in [0.5, 0.6) is 0 Å². The van der Waals surface area contributed by atoms with Crippen molar-refractivity contribution in [2.75, 3.05) is 7.05 Å². The largest absolute Gasteiger partial charge is 0.340 e. The van der Waals surface area contributed by atoms with Gasteiger partial charge in [0.2, 0.25) is 11.8 Å². The average molecular weight is 425 g/mol. The minimum atomic E-state index is -1.16. The predicted octanol–water partition coefficient (Wildman–Crippen LogP) is 3.27. The second-order valence-electron chi connectivity index (χ2n) is 7.67. The monoisotopic (exact) mass is 425 g/mol. The highest BCUT2D eigenvalue weighted by molar-refractivity contribution is 6.00. The molecular formula is C23H24FN3O4. The number of carbonyl (C=O) groups is 2. The van der Waals surface area contributed by atoms with E-state index in [1.165, 1.54) is 36.2 Å². The molecule has 2 atom stereocenters. The number of halogens is 1. The second kappa shape index (κ2) is 8.67. The molecule has 1 fully saturated rings. The zero-order valence-corrected chi connectivity index (χ0v) is 17.4. The number of amides is 2. The summed E-state index contributed by atoms with van der Waals surface area (Å²) in [5.41, 5.74) is 0.330. The molecule has 1 aliphatic rings. The minimum Gasteiger partial charge on any atom is -0.340 e. The summed E-state index contributed by atoms with van der Waals surface area (Å²) in [6.45, 7) is 5.50. The van der Waals surface area contributed by atoms with E-state index in [1.807, 2.05) is 0 Å². The number of piperazine rings is 1.